The van der Waals surface area contributed by atoms with Crippen molar-refractivity contribution in [3.63, 3.8) is 0 Å². The van der Waals surface area contributed by atoms with Crippen LogP contribution in [0.5, 0.6) is 0 Å². The first-order valence-corrected chi connectivity index (χ1v) is 3.99. The highest BCUT2D eigenvalue weighted by molar-refractivity contribution is 6.13. The molecule has 11 heavy (non-hydrogen) atoms. The van der Waals surface area contributed by atoms with Crippen molar-refractivity contribution in [2.24, 2.45) is 0 Å². The summed E-state index contributed by atoms with van der Waals surface area (Å²) in [5.41, 5.74) is 1.24. The molecule has 0 radical (unpaired) electrons. The van der Waals surface area contributed by atoms with Crippen LogP contribution in [-0.4, -0.2) is 11.5 Å². The molecule has 1 aromatic carbocycles. The van der Waals surface area contributed by atoms with Crippen LogP contribution < -0.4 is 0 Å². The van der Waals surface area contributed by atoms with Gasteiger partial charge in [0, 0.05) is 13.1 Å². The van der Waals surface area contributed by atoms with Gasteiger partial charge in [0.15, 0.2) is 0 Å². The molecule has 0 aliphatic carbocycles. The van der Waals surface area contributed by atoms with Gasteiger partial charge in [-0.15, -0.1) is 0 Å². The molecule has 1 nitrogen and oxygen atoms in total. The minimum Gasteiger partial charge on any atom is -0.216 e. The van der Waals surface area contributed by atoms with Crippen LogP contribution in [0.4, 0.5) is 0 Å². The van der Waals surface area contributed by atoms with E-state index in [-0.39, 0.29) is 6.04 Å². The maximum Gasteiger partial charge on any atom is 0.0469 e. The molecule has 0 spiro atoms. The van der Waals surface area contributed by atoms with Gasteiger partial charge in [-0.1, -0.05) is 30.3 Å². The third kappa shape index (κ3) is 2.21. The molecule has 0 saturated heterocycles. The van der Waals surface area contributed by atoms with E-state index in [1.165, 1.54) is 5.56 Å². The summed E-state index contributed by atoms with van der Waals surface area (Å²) in [5.74, 6) is 0. The Balaban J connectivity index is 2.77. The van der Waals surface area contributed by atoms with E-state index in [0.717, 1.165) is 0 Å². The number of nitrogens with zero attached hydrogens (tertiary/aromatic N) is 1. The lowest BCUT2D eigenvalue weighted by atomic mass is 10.1. The first kappa shape index (κ1) is 8.57. The van der Waals surface area contributed by atoms with E-state index in [2.05, 4.69) is 19.1 Å². The molecule has 0 fully saturated rings. The Hall–Kier alpha value is -0.530. The lowest BCUT2D eigenvalue weighted by Crippen LogP contribution is -2.10. The Kier molecular flexibility index (Phi) is 2.92. The summed E-state index contributed by atoms with van der Waals surface area (Å²) in [4.78, 5) is 0. The molecule has 1 atom stereocenters. The molecule has 0 N–H and O–H groups in total. The lowest BCUT2D eigenvalue weighted by Gasteiger charge is -2.16. The average molecular weight is 170 g/mol. The molecule has 0 heterocycles. The summed E-state index contributed by atoms with van der Waals surface area (Å²) in [6.07, 6.45) is 0. The number of hydrogen-bond donors (Lipinski definition) is 0. The lowest BCUT2D eigenvalue weighted by molar-refractivity contribution is 0.437. The molecule has 1 rings (SSSR count). The van der Waals surface area contributed by atoms with Crippen molar-refractivity contribution in [1.29, 1.82) is 0 Å². The average Bonchev–Trinajstić information content (AvgIpc) is 2.05. The Morgan fingerprint density at radius 1 is 1.27 bits per heavy atom. The Morgan fingerprint density at radius 2 is 1.82 bits per heavy atom. The van der Waals surface area contributed by atoms with Gasteiger partial charge in [0.2, 0.25) is 0 Å². The number of benzene rings is 1. The van der Waals surface area contributed by atoms with Crippen LogP contribution in [0.25, 0.3) is 0 Å². The molecule has 0 unspecified atom stereocenters. The molecule has 2 heteroatoms. The van der Waals surface area contributed by atoms with Gasteiger partial charge in [-0.05, 0) is 24.3 Å². The van der Waals surface area contributed by atoms with Gasteiger partial charge in [-0.25, -0.2) is 4.42 Å². The number of hydrogen-bond acceptors (Lipinski definition) is 1. The fourth-order valence-electron chi connectivity index (χ4n) is 0.937. The quantitative estimate of drug-likeness (QED) is 0.616. The van der Waals surface area contributed by atoms with Gasteiger partial charge >= 0.3 is 0 Å². The molecule has 60 valence electrons. The summed E-state index contributed by atoms with van der Waals surface area (Å²) in [6, 6.07) is 10.5. The predicted molar refractivity (Wildman–Crippen MR) is 48.5 cm³/mol. The van der Waals surface area contributed by atoms with Crippen molar-refractivity contribution in [1.82, 2.24) is 4.42 Å². The summed E-state index contributed by atoms with van der Waals surface area (Å²) < 4.78 is 1.68. The Bertz CT molecular complexity index is 208. The second-order valence-corrected chi connectivity index (χ2v) is 3.14. The Morgan fingerprint density at radius 3 is 2.27 bits per heavy atom. The van der Waals surface area contributed by atoms with E-state index in [0.29, 0.717) is 0 Å². The van der Waals surface area contributed by atoms with E-state index >= 15 is 0 Å². The zero-order chi connectivity index (χ0) is 8.27. The van der Waals surface area contributed by atoms with E-state index in [4.69, 9.17) is 11.8 Å². The predicted octanol–water partition coefficient (Wildman–Crippen LogP) is 2.83. The standard InChI is InChI=1S/C9H12ClN/c1-8(11(2)10)9-6-4-3-5-7-9/h3-8H,1-2H3/t8-/m1/s1. The topological polar surface area (TPSA) is 3.24 Å². The maximum atomic E-state index is 5.80. The van der Waals surface area contributed by atoms with Crippen molar-refractivity contribution in [2.75, 3.05) is 7.05 Å². The molecule has 1 aromatic rings. The molecule has 0 aromatic heterocycles. The van der Waals surface area contributed by atoms with Crippen LogP contribution in [0, 0.1) is 0 Å². The molecule has 0 aliphatic rings. The molecular weight excluding hydrogens is 158 g/mol. The highest BCUT2D eigenvalue weighted by atomic mass is 35.5. The van der Waals surface area contributed by atoms with Crippen molar-refractivity contribution in [3.05, 3.63) is 35.9 Å². The summed E-state index contributed by atoms with van der Waals surface area (Å²) in [6.45, 7) is 2.07. The van der Waals surface area contributed by atoms with Gasteiger partial charge in [-0.3, -0.25) is 0 Å². The van der Waals surface area contributed by atoms with Crippen LogP contribution in [0.15, 0.2) is 30.3 Å². The van der Waals surface area contributed by atoms with E-state index < -0.39 is 0 Å². The van der Waals surface area contributed by atoms with Crippen LogP contribution in [0.3, 0.4) is 0 Å². The third-order valence-electron chi connectivity index (χ3n) is 1.82. The zero-order valence-electron chi connectivity index (χ0n) is 6.79. The minimum atomic E-state index is 0.276. The first-order chi connectivity index (χ1) is 5.22. The SMILES string of the molecule is C[C@H](c1ccccc1)N(C)Cl. The number of rotatable bonds is 2. The van der Waals surface area contributed by atoms with Crippen molar-refractivity contribution >= 4 is 11.8 Å². The molecular formula is C9H12ClN. The second-order valence-electron chi connectivity index (χ2n) is 2.61. The van der Waals surface area contributed by atoms with Crippen molar-refractivity contribution in [3.8, 4) is 0 Å². The molecule has 0 saturated carbocycles. The second kappa shape index (κ2) is 3.74. The Labute approximate surface area is 72.7 Å². The van der Waals surface area contributed by atoms with Gasteiger partial charge < -0.3 is 0 Å². The zero-order valence-corrected chi connectivity index (χ0v) is 7.55. The smallest absolute Gasteiger partial charge is 0.0469 e. The summed E-state index contributed by atoms with van der Waals surface area (Å²) >= 11 is 5.80. The summed E-state index contributed by atoms with van der Waals surface area (Å²) in [5, 5.41) is 0. The normalized spacial score (nSPS) is 13.5. The van der Waals surface area contributed by atoms with E-state index in [9.17, 15) is 0 Å². The largest absolute Gasteiger partial charge is 0.216 e. The maximum absolute atomic E-state index is 5.80. The van der Waals surface area contributed by atoms with Crippen LogP contribution in [-0.2, 0) is 0 Å². The minimum absolute atomic E-state index is 0.276. The molecule has 0 amide bonds. The molecule has 0 aliphatic heterocycles. The fraction of sp³-hybridized carbons (Fsp3) is 0.333. The van der Waals surface area contributed by atoms with Gasteiger partial charge in [0.25, 0.3) is 0 Å². The van der Waals surface area contributed by atoms with Gasteiger partial charge in [0.1, 0.15) is 0 Å². The van der Waals surface area contributed by atoms with Crippen molar-refractivity contribution < 1.29 is 0 Å². The van der Waals surface area contributed by atoms with Gasteiger partial charge in [-0.2, -0.15) is 0 Å². The third-order valence-corrected chi connectivity index (χ3v) is 2.11. The van der Waals surface area contributed by atoms with Crippen molar-refractivity contribution in [2.45, 2.75) is 13.0 Å². The monoisotopic (exact) mass is 169 g/mol. The fourth-order valence-corrected chi connectivity index (χ4v) is 1.05. The highest BCUT2D eigenvalue weighted by Gasteiger charge is 2.07. The first-order valence-electron chi connectivity index (χ1n) is 3.65. The number of halogens is 1. The molecule has 0 bridgehead atoms. The van der Waals surface area contributed by atoms with Crippen LogP contribution >= 0.6 is 11.8 Å². The van der Waals surface area contributed by atoms with Gasteiger partial charge in [0.05, 0.1) is 0 Å². The van der Waals surface area contributed by atoms with E-state index in [1.54, 1.807) is 4.42 Å². The van der Waals surface area contributed by atoms with Crippen LogP contribution in [0.1, 0.15) is 18.5 Å². The van der Waals surface area contributed by atoms with Crippen LogP contribution in [0.2, 0.25) is 0 Å². The summed E-state index contributed by atoms with van der Waals surface area (Å²) in [7, 11) is 1.86. The van der Waals surface area contributed by atoms with E-state index in [1.807, 2.05) is 25.2 Å². The highest BCUT2D eigenvalue weighted by Crippen LogP contribution is 2.18.